The number of benzene rings is 1. The molecule has 1 heterocycles. The fourth-order valence-corrected chi connectivity index (χ4v) is 4.18. The number of ether oxygens (including phenoxy) is 1. The highest BCUT2D eigenvalue weighted by Crippen LogP contribution is 2.26. The van der Waals surface area contributed by atoms with Crippen molar-refractivity contribution >= 4 is 9.84 Å². The van der Waals surface area contributed by atoms with E-state index in [9.17, 15) is 8.42 Å². The van der Waals surface area contributed by atoms with Gasteiger partial charge in [0.15, 0.2) is 9.84 Å². The molecule has 2 rings (SSSR count). The van der Waals surface area contributed by atoms with Crippen molar-refractivity contribution in [1.29, 1.82) is 0 Å². The van der Waals surface area contributed by atoms with E-state index >= 15 is 0 Å². The van der Waals surface area contributed by atoms with Gasteiger partial charge in [-0.05, 0) is 26.3 Å². The predicted molar refractivity (Wildman–Crippen MR) is 76.2 cm³/mol. The third kappa shape index (κ3) is 3.70. The molecule has 1 fully saturated rings. The van der Waals surface area contributed by atoms with E-state index in [1.165, 1.54) is 0 Å². The van der Waals surface area contributed by atoms with Gasteiger partial charge in [0.1, 0.15) is 5.75 Å². The van der Waals surface area contributed by atoms with Crippen molar-refractivity contribution in [2.45, 2.75) is 32.4 Å². The van der Waals surface area contributed by atoms with E-state index in [1.54, 1.807) is 0 Å². The van der Waals surface area contributed by atoms with Gasteiger partial charge in [-0.15, -0.1) is 0 Å². The Morgan fingerprint density at radius 3 is 2.79 bits per heavy atom. The summed E-state index contributed by atoms with van der Waals surface area (Å²) in [5.41, 5.74) is 1.08. The number of para-hydroxylation sites is 1. The van der Waals surface area contributed by atoms with Gasteiger partial charge >= 0.3 is 0 Å². The minimum absolute atomic E-state index is 0.0506. The van der Waals surface area contributed by atoms with Gasteiger partial charge in [0, 0.05) is 17.6 Å². The second kappa shape index (κ2) is 5.92. The standard InChI is InChI=1S/C14H21NO3S/c1-3-18-14-7-5-4-6-13(14)11(2)15-12-8-9-19(16,17)10-12/h4-7,11-12,15H,3,8-10H2,1-2H3. The van der Waals surface area contributed by atoms with Gasteiger partial charge < -0.3 is 10.1 Å². The van der Waals surface area contributed by atoms with Gasteiger partial charge in [0.05, 0.1) is 18.1 Å². The van der Waals surface area contributed by atoms with E-state index < -0.39 is 9.84 Å². The van der Waals surface area contributed by atoms with Crippen molar-refractivity contribution in [2.24, 2.45) is 0 Å². The van der Waals surface area contributed by atoms with E-state index in [1.807, 2.05) is 38.1 Å². The highest BCUT2D eigenvalue weighted by molar-refractivity contribution is 7.91. The molecule has 0 spiro atoms. The molecular weight excluding hydrogens is 262 g/mol. The van der Waals surface area contributed by atoms with Crippen LogP contribution in [0.4, 0.5) is 0 Å². The maximum atomic E-state index is 11.5. The second-order valence-corrected chi connectivity index (χ2v) is 7.19. The zero-order valence-corrected chi connectivity index (χ0v) is 12.2. The van der Waals surface area contributed by atoms with Gasteiger partial charge in [-0.25, -0.2) is 8.42 Å². The van der Waals surface area contributed by atoms with Crippen molar-refractivity contribution in [3.8, 4) is 5.75 Å². The maximum Gasteiger partial charge on any atom is 0.151 e. The first-order chi connectivity index (χ1) is 9.02. The van der Waals surface area contributed by atoms with Crippen LogP contribution in [-0.2, 0) is 9.84 Å². The van der Waals surface area contributed by atoms with Crippen LogP contribution in [0.3, 0.4) is 0 Å². The lowest BCUT2D eigenvalue weighted by atomic mass is 10.1. The molecule has 2 atom stereocenters. The Labute approximate surface area is 115 Å². The van der Waals surface area contributed by atoms with Gasteiger partial charge in [0.25, 0.3) is 0 Å². The van der Waals surface area contributed by atoms with Crippen LogP contribution in [0.5, 0.6) is 5.75 Å². The molecule has 0 bridgehead atoms. The number of nitrogens with one attached hydrogen (secondary N) is 1. The smallest absolute Gasteiger partial charge is 0.151 e. The largest absolute Gasteiger partial charge is 0.494 e. The quantitative estimate of drug-likeness (QED) is 0.897. The van der Waals surface area contributed by atoms with Crippen molar-refractivity contribution < 1.29 is 13.2 Å². The molecule has 1 saturated heterocycles. The molecular formula is C14H21NO3S. The summed E-state index contributed by atoms with van der Waals surface area (Å²) in [5, 5.41) is 3.39. The molecule has 1 aliphatic rings. The minimum atomic E-state index is -2.84. The Balaban J connectivity index is 2.06. The van der Waals surface area contributed by atoms with Crippen molar-refractivity contribution in [1.82, 2.24) is 5.32 Å². The SMILES string of the molecule is CCOc1ccccc1C(C)NC1CCS(=O)(=O)C1. The Hall–Kier alpha value is -1.07. The molecule has 5 heteroatoms. The summed E-state index contributed by atoms with van der Waals surface area (Å²) in [6, 6.07) is 8.02. The summed E-state index contributed by atoms with van der Waals surface area (Å²) in [6.45, 7) is 4.63. The summed E-state index contributed by atoms with van der Waals surface area (Å²) >= 11 is 0. The Kier molecular flexibility index (Phi) is 4.47. The molecule has 4 nitrogen and oxygen atoms in total. The van der Waals surface area contributed by atoms with Gasteiger partial charge in [0.2, 0.25) is 0 Å². The Morgan fingerprint density at radius 2 is 2.16 bits per heavy atom. The fraction of sp³-hybridized carbons (Fsp3) is 0.571. The monoisotopic (exact) mass is 283 g/mol. The maximum absolute atomic E-state index is 11.5. The summed E-state index contributed by atoms with van der Waals surface area (Å²) in [7, 11) is -2.84. The van der Waals surface area contributed by atoms with Crippen LogP contribution in [0, 0.1) is 0 Å². The van der Waals surface area contributed by atoms with E-state index in [0.29, 0.717) is 18.8 Å². The second-order valence-electron chi connectivity index (χ2n) is 4.96. The molecule has 1 aliphatic heterocycles. The first-order valence-electron chi connectivity index (χ1n) is 6.70. The summed E-state index contributed by atoms with van der Waals surface area (Å²) in [5.74, 6) is 1.41. The zero-order chi connectivity index (χ0) is 13.9. The summed E-state index contributed by atoms with van der Waals surface area (Å²) in [4.78, 5) is 0. The van der Waals surface area contributed by atoms with E-state index in [2.05, 4.69) is 5.32 Å². The Bertz CT molecular complexity index is 527. The van der Waals surface area contributed by atoms with Crippen molar-refractivity contribution in [3.63, 3.8) is 0 Å². The molecule has 0 aliphatic carbocycles. The molecule has 0 amide bonds. The molecule has 0 radical (unpaired) electrons. The van der Waals surface area contributed by atoms with Crippen molar-refractivity contribution in [2.75, 3.05) is 18.1 Å². The van der Waals surface area contributed by atoms with E-state index in [4.69, 9.17) is 4.74 Å². The van der Waals surface area contributed by atoms with Crippen LogP contribution in [-0.4, -0.2) is 32.6 Å². The minimum Gasteiger partial charge on any atom is -0.494 e. The van der Waals surface area contributed by atoms with Gasteiger partial charge in [-0.2, -0.15) is 0 Å². The van der Waals surface area contributed by atoms with Crippen LogP contribution in [0.15, 0.2) is 24.3 Å². The number of rotatable bonds is 5. The van der Waals surface area contributed by atoms with Crippen molar-refractivity contribution in [3.05, 3.63) is 29.8 Å². The lowest BCUT2D eigenvalue weighted by Gasteiger charge is -2.21. The van der Waals surface area contributed by atoms with E-state index in [-0.39, 0.29) is 17.8 Å². The number of sulfone groups is 1. The lowest BCUT2D eigenvalue weighted by Crippen LogP contribution is -2.32. The fourth-order valence-electron chi connectivity index (χ4n) is 2.49. The van der Waals surface area contributed by atoms with Crippen LogP contribution in [0.2, 0.25) is 0 Å². The number of hydrogen-bond donors (Lipinski definition) is 1. The lowest BCUT2D eigenvalue weighted by molar-refractivity contribution is 0.331. The normalized spacial score (nSPS) is 23.2. The van der Waals surface area contributed by atoms with Crippen LogP contribution in [0.25, 0.3) is 0 Å². The summed E-state index contributed by atoms with van der Waals surface area (Å²) < 4.78 is 28.5. The topological polar surface area (TPSA) is 55.4 Å². The van der Waals surface area contributed by atoms with Gasteiger partial charge in [-0.1, -0.05) is 18.2 Å². The third-order valence-corrected chi connectivity index (χ3v) is 5.17. The summed E-state index contributed by atoms with van der Waals surface area (Å²) in [6.07, 6.45) is 0.698. The molecule has 1 N–H and O–H groups in total. The highest BCUT2D eigenvalue weighted by Gasteiger charge is 2.29. The molecule has 0 aromatic heterocycles. The third-order valence-electron chi connectivity index (χ3n) is 3.40. The average Bonchev–Trinajstić information content (AvgIpc) is 2.69. The molecule has 0 saturated carbocycles. The molecule has 19 heavy (non-hydrogen) atoms. The zero-order valence-electron chi connectivity index (χ0n) is 11.4. The van der Waals surface area contributed by atoms with Gasteiger partial charge in [-0.3, -0.25) is 0 Å². The van der Waals surface area contributed by atoms with E-state index in [0.717, 1.165) is 11.3 Å². The van der Waals surface area contributed by atoms with Crippen LogP contribution >= 0.6 is 0 Å². The molecule has 106 valence electrons. The predicted octanol–water partition coefficient (Wildman–Crippen LogP) is 1.92. The molecule has 2 unspecified atom stereocenters. The molecule has 1 aromatic carbocycles. The first kappa shape index (κ1) is 14.3. The van der Waals surface area contributed by atoms with Crippen LogP contribution in [0.1, 0.15) is 31.9 Å². The average molecular weight is 283 g/mol. The first-order valence-corrected chi connectivity index (χ1v) is 8.52. The Morgan fingerprint density at radius 1 is 1.42 bits per heavy atom. The molecule has 1 aromatic rings. The van der Waals surface area contributed by atoms with Crippen LogP contribution < -0.4 is 10.1 Å². The number of hydrogen-bond acceptors (Lipinski definition) is 4. The highest BCUT2D eigenvalue weighted by atomic mass is 32.2.